The molecule has 0 atom stereocenters. The molecule has 1 amide bonds. The van der Waals surface area contributed by atoms with Crippen LogP contribution in [-0.2, 0) is 4.79 Å². The zero-order chi connectivity index (χ0) is 13.9. The molecule has 0 bridgehead atoms. The van der Waals surface area contributed by atoms with Crippen LogP contribution >= 0.6 is 0 Å². The van der Waals surface area contributed by atoms with Crippen molar-refractivity contribution < 1.29 is 4.79 Å². The molecule has 0 spiro atoms. The van der Waals surface area contributed by atoms with Crippen LogP contribution < -0.4 is 11.1 Å². The summed E-state index contributed by atoms with van der Waals surface area (Å²) in [6.45, 7) is 0.742. The monoisotopic (exact) mass is 272 g/mol. The molecule has 5 nitrogen and oxygen atoms in total. The van der Waals surface area contributed by atoms with Gasteiger partial charge in [-0.1, -0.05) is 0 Å². The highest BCUT2D eigenvalue weighted by molar-refractivity contribution is 5.92. The summed E-state index contributed by atoms with van der Waals surface area (Å²) in [6.07, 6.45) is 9.53. The number of carbonyl (C=O) groups excluding carboxylic acids is 1. The van der Waals surface area contributed by atoms with Gasteiger partial charge in [0, 0.05) is 24.5 Å². The van der Waals surface area contributed by atoms with E-state index in [1.165, 1.54) is 0 Å². The molecule has 0 aromatic carbocycles. The van der Waals surface area contributed by atoms with Gasteiger partial charge in [-0.25, -0.2) is 4.98 Å². The van der Waals surface area contributed by atoms with Crippen molar-refractivity contribution in [2.75, 3.05) is 11.9 Å². The number of nitrogens with zero attached hydrogens (tertiary/aromatic N) is 2. The number of hydrogen-bond acceptors (Lipinski definition) is 3. The van der Waals surface area contributed by atoms with Gasteiger partial charge in [-0.05, 0) is 50.3 Å². The molecule has 1 aliphatic carbocycles. The van der Waals surface area contributed by atoms with Crippen molar-refractivity contribution in [3.63, 3.8) is 0 Å². The van der Waals surface area contributed by atoms with Gasteiger partial charge in [0.25, 0.3) is 0 Å². The Labute approximate surface area is 118 Å². The first-order chi connectivity index (χ1) is 9.76. The molecule has 3 rings (SSSR count). The lowest BCUT2D eigenvalue weighted by Gasteiger charge is -2.26. The fourth-order valence-electron chi connectivity index (χ4n) is 2.90. The number of anilines is 1. The molecule has 1 saturated carbocycles. The summed E-state index contributed by atoms with van der Waals surface area (Å²) in [5.74, 6) is 0.845. The van der Waals surface area contributed by atoms with Crippen molar-refractivity contribution in [1.29, 1.82) is 0 Å². The van der Waals surface area contributed by atoms with Gasteiger partial charge in [0.05, 0.1) is 5.69 Å². The molecular formula is C15H20N4O. The van der Waals surface area contributed by atoms with Crippen LogP contribution in [0.5, 0.6) is 0 Å². The Morgan fingerprint density at radius 1 is 1.35 bits per heavy atom. The van der Waals surface area contributed by atoms with Gasteiger partial charge in [0.2, 0.25) is 5.91 Å². The van der Waals surface area contributed by atoms with Gasteiger partial charge in [-0.15, -0.1) is 0 Å². The Bertz CT molecular complexity index is 599. The van der Waals surface area contributed by atoms with Crippen LogP contribution in [-0.4, -0.2) is 21.8 Å². The maximum atomic E-state index is 12.3. The summed E-state index contributed by atoms with van der Waals surface area (Å²) in [6, 6.07) is 3.80. The molecule has 106 valence electrons. The third kappa shape index (κ3) is 2.67. The molecule has 3 N–H and O–H groups in total. The Balaban J connectivity index is 1.63. The summed E-state index contributed by atoms with van der Waals surface area (Å²) in [5.41, 5.74) is 7.38. The largest absolute Gasteiger partial charge is 0.330 e. The highest BCUT2D eigenvalue weighted by Crippen LogP contribution is 2.29. The van der Waals surface area contributed by atoms with E-state index >= 15 is 0 Å². The van der Waals surface area contributed by atoms with E-state index in [0.717, 1.165) is 43.6 Å². The van der Waals surface area contributed by atoms with Crippen LogP contribution in [0.3, 0.4) is 0 Å². The van der Waals surface area contributed by atoms with Crippen LogP contribution in [0.25, 0.3) is 5.65 Å². The molecule has 5 heteroatoms. The SMILES string of the molecule is NCC1CCC(C(=O)Nc2ccc3nccn3c2)CC1. The molecular weight excluding hydrogens is 252 g/mol. The second-order valence-corrected chi connectivity index (χ2v) is 5.55. The van der Waals surface area contributed by atoms with Gasteiger partial charge < -0.3 is 15.5 Å². The zero-order valence-electron chi connectivity index (χ0n) is 11.5. The topological polar surface area (TPSA) is 72.4 Å². The minimum Gasteiger partial charge on any atom is -0.330 e. The van der Waals surface area contributed by atoms with E-state index in [1.54, 1.807) is 6.20 Å². The summed E-state index contributed by atoms with van der Waals surface area (Å²) < 4.78 is 1.90. The fraction of sp³-hybridized carbons (Fsp3) is 0.467. The predicted octanol–water partition coefficient (Wildman–Crippen LogP) is 2.04. The number of carbonyl (C=O) groups is 1. The number of hydrogen-bond donors (Lipinski definition) is 2. The van der Waals surface area contributed by atoms with E-state index in [2.05, 4.69) is 10.3 Å². The van der Waals surface area contributed by atoms with E-state index in [0.29, 0.717) is 5.92 Å². The second kappa shape index (κ2) is 5.63. The standard InChI is InChI=1S/C15H20N4O/c16-9-11-1-3-12(4-2-11)15(20)18-13-5-6-14-17-7-8-19(14)10-13/h5-8,10-12H,1-4,9,16H2,(H,18,20). The lowest BCUT2D eigenvalue weighted by molar-refractivity contribution is -0.121. The third-order valence-electron chi connectivity index (χ3n) is 4.21. The first-order valence-electron chi connectivity index (χ1n) is 7.20. The van der Waals surface area contributed by atoms with Crippen LogP contribution in [0.15, 0.2) is 30.7 Å². The van der Waals surface area contributed by atoms with Crippen molar-refractivity contribution in [2.24, 2.45) is 17.6 Å². The smallest absolute Gasteiger partial charge is 0.227 e. The summed E-state index contributed by atoms with van der Waals surface area (Å²) in [7, 11) is 0. The maximum Gasteiger partial charge on any atom is 0.227 e. The molecule has 2 aromatic rings. The second-order valence-electron chi connectivity index (χ2n) is 5.55. The van der Waals surface area contributed by atoms with Crippen molar-refractivity contribution in [2.45, 2.75) is 25.7 Å². The van der Waals surface area contributed by atoms with E-state index < -0.39 is 0 Å². The van der Waals surface area contributed by atoms with Crippen LogP contribution in [0.1, 0.15) is 25.7 Å². The molecule has 0 unspecified atom stereocenters. The zero-order valence-corrected chi connectivity index (χ0v) is 11.5. The normalized spacial score (nSPS) is 22.9. The number of nitrogens with one attached hydrogen (secondary N) is 1. The number of imidazole rings is 1. The molecule has 0 radical (unpaired) electrons. The molecule has 1 fully saturated rings. The summed E-state index contributed by atoms with van der Waals surface area (Å²) in [5, 5.41) is 3.01. The van der Waals surface area contributed by atoms with Crippen LogP contribution in [0, 0.1) is 11.8 Å². The van der Waals surface area contributed by atoms with E-state index in [4.69, 9.17) is 5.73 Å². The van der Waals surface area contributed by atoms with Crippen molar-refractivity contribution in [1.82, 2.24) is 9.38 Å². The molecule has 2 heterocycles. The van der Waals surface area contributed by atoms with E-state index in [-0.39, 0.29) is 11.8 Å². The van der Waals surface area contributed by atoms with Gasteiger partial charge in [0.15, 0.2) is 0 Å². The number of aromatic nitrogens is 2. The number of pyridine rings is 1. The quantitative estimate of drug-likeness (QED) is 0.898. The average Bonchev–Trinajstić information content (AvgIpc) is 2.95. The average molecular weight is 272 g/mol. The highest BCUT2D eigenvalue weighted by atomic mass is 16.1. The van der Waals surface area contributed by atoms with Gasteiger partial charge in [-0.2, -0.15) is 0 Å². The molecule has 0 saturated heterocycles. The number of nitrogens with two attached hydrogens (primary N) is 1. The first-order valence-corrected chi connectivity index (χ1v) is 7.20. The Morgan fingerprint density at radius 2 is 2.15 bits per heavy atom. The Kier molecular flexibility index (Phi) is 3.69. The van der Waals surface area contributed by atoms with E-state index in [1.807, 2.05) is 28.9 Å². The van der Waals surface area contributed by atoms with Gasteiger partial charge in [-0.3, -0.25) is 4.79 Å². The molecule has 1 aliphatic rings. The lowest BCUT2D eigenvalue weighted by Crippen LogP contribution is -2.29. The van der Waals surface area contributed by atoms with Gasteiger partial charge >= 0.3 is 0 Å². The fourth-order valence-corrected chi connectivity index (χ4v) is 2.90. The molecule has 2 aromatic heterocycles. The molecule has 0 aliphatic heterocycles. The van der Waals surface area contributed by atoms with Crippen LogP contribution in [0.2, 0.25) is 0 Å². The maximum absolute atomic E-state index is 12.3. The Morgan fingerprint density at radius 3 is 2.90 bits per heavy atom. The minimum absolute atomic E-state index is 0.122. The molecule has 20 heavy (non-hydrogen) atoms. The Hall–Kier alpha value is -1.88. The number of amides is 1. The summed E-state index contributed by atoms with van der Waals surface area (Å²) in [4.78, 5) is 16.5. The van der Waals surface area contributed by atoms with Crippen molar-refractivity contribution in [3.8, 4) is 0 Å². The van der Waals surface area contributed by atoms with Gasteiger partial charge in [0.1, 0.15) is 5.65 Å². The van der Waals surface area contributed by atoms with Crippen LogP contribution in [0.4, 0.5) is 5.69 Å². The van der Waals surface area contributed by atoms with Crippen molar-refractivity contribution in [3.05, 3.63) is 30.7 Å². The number of rotatable bonds is 3. The first kappa shape index (κ1) is 13.1. The highest BCUT2D eigenvalue weighted by Gasteiger charge is 2.25. The third-order valence-corrected chi connectivity index (χ3v) is 4.21. The lowest BCUT2D eigenvalue weighted by atomic mass is 9.81. The number of fused-ring (bicyclic) bond motifs is 1. The van der Waals surface area contributed by atoms with E-state index in [9.17, 15) is 4.79 Å². The predicted molar refractivity (Wildman–Crippen MR) is 78.3 cm³/mol. The summed E-state index contributed by atoms with van der Waals surface area (Å²) >= 11 is 0. The van der Waals surface area contributed by atoms with Crippen molar-refractivity contribution >= 4 is 17.2 Å². The minimum atomic E-state index is 0.122.